The minimum absolute atomic E-state index is 0.00971. The average Bonchev–Trinajstić information content (AvgIpc) is 2.54. The number of halogens is 1. The first kappa shape index (κ1) is 17.3. The lowest BCUT2D eigenvalue weighted by molar-refractivity contribution is -0.151. The molecule has 1 aromatic carbocycles. The Labute approximate surface area is 161 Å². The van der Waals surface area contributed by atoms with Gasteiger partial charge >= 0.3 is 5.97 Å². The van der Waals surface area contributed by atoms with Crippen LogP contribution in [0.25, 0.3) is 0 Å². The Bertz CT molecular complexity index is 649. The lowest BCUT2D eigenvalue weighted by Gasteiger charge is -2.55. The summed E-state index contributed by atoms with van der Waals surface area (Å²) >= 11 is 2.23. The zero-order valence-corrected chi connectivity index (χ0v) is 16.4. The first-order valence-corrected chi connectivity index (χ1v) is 10.3. The molecule has 4 bridgehead atoms. The summed E-state index contributed by atoms with van der Waals surface area (Å²) in [6.45, 7) is 0. The molecule has 1 atom stereocenters. The third-order valence-electron chi connectivity index (χ3n) is 6.48. The summed E-state index contributed by atoms with van der Waals surface area (Å²) in [4.78, 5) is 24.8. The van der Waals surface area contributed by atoms with Crippen LogP contribution < -0.4 is 5.32 Å². The van der Waals surface area contributed by atoms with Gasteiger partial charge in [0.2, 0.25) is 5.91 Å². The number of nitrogens with one attached hydrogen (secondary N) is 1. The second kappa shape index (κ2) is 6.56. The van der Waals surface area contributed by atoms with E-state index in [2.05, 4.69) is 27.9 Å². The van der Waals surface area contributed by atoms with Crippen molar-refractivity contribution in [3.8, 4) is 0 Å². The molecule has 4 fully saturated rings. The number of hydrogen-bond donors (Lipinski definition) is 2. The van der Waals surface area contributed by atoms with Gasteiger partial charge in [-0.3, -0.25) is 4.79 Å². The molecule has 0 unspecified atom stereocenters. The molecule has 4 saturated carbocycles. The van der Waals surface area contributed by atoms with Crippen LogP contribution in [0.2, 0.25) is 0 Å². The maximum atomic E-state index is 13.1. The van der Waals surface area contributed by atoms with E-state index in [4.69, 9.17) is 0 Å². The van der Waals surface area contributed by atoms with Crippen molar-refractivity contribution in [2.75, 3.05) is 0 Å². The van der Waals surface area contributed by atoms with Crippen LogP contribution in [0.3, 0.4) is 0 Å². The van der Waals surface area contributed by atoms with Crippen molar-refractivity contribution in [3.05, 3.63) is 33.4 Å². The topological polar surface area (TPSA) is 66.4 Å². The molecule has 5 rings (SSSR count). The first-order chi connectivity index (χ1) is 11.9. The highest BCUT2D eigenvalue weighted by atomic mass is 127. The van der Waals surface area contributed by atoms with Crippen molar-refractivity contribution in [2.24, 2.45) is 23.2 Å². The highest BCUT2D eigenvalue weighted by molar-refractivity contribution is 14.1. The molecule has 1 amide bonds. The van der Waals surface area contributed by atoms with Crippen LogP contribution in [-0.2, 0) is 16.0 Å². The molecule has 5 heteroatoms. The van der Waals surface area contributed by atoms with Gasteiger partial charge in [0.15, 0.2) is 0 Å². The van der Waals surface area contributed by atoms with E-state index in [9.17, 15) is 14.7 Å². The van der Waals surface area contributed by atoms with Gasteiger partial charge in [0.05, 0.1) is 0 Å². The molecule has 4 aliphatic rings. The number of rotatable bonds is 5. The largest absolute Gasteiger partial charge is 0.480 e. The molecule has 25 heavy (non-hydrogen) atoms. The lowest BCUT2D eigenvalue weighted by Crippen LogP contribution is -2.56. The fourth-order valence-corrected chi connectivity index (χ4v) is 6.12. The fourth-order valence-electron chi connectivity index (χ4n) is 5.76. The maximum absolute atomic E-state index is 13.1. The Morgan fingerprint density at radius 1 is 1.08 bits per heavy atom. The summed E-state index contributed by atoms with van der Waals surface area (Å²) in [7, 11) is 0. The normalized spacial score (nSPS) is 33.9. The van der Waals surface area contributed by atoms with Crippen LogP contribution in [0.1, 0.15) is 44.1 Å². The Morgan fingerprint density at radius 2 is 1.60 bits per heavy atom. The quantitative estimate of drug-likeness (QED) is 0.670. The standard InChI is InChI=1S/C20H24INO3/c21-16-3-1-12(2-4-16)8-17(18(23)24)22-19(25)20-9-13-5-14(10-20)7-15(6-13)11-20/h1-4,13-15,17H,5-11H2,(H,22,25)(H,23,24)/t13?,14?,15?,17-,20?/m1/s1. The molecule has 0 spiro atoms. The predicted octanol–water partition coefficient (Wildman–Crippen LogP) is 3.62. The van der Waals surface area contributed by atoms with Gasteiger partial charge in [-0.05, 0) is 96.6 Å². The molecular weight excluding hydrogens is 429 g/mol. The van der Waals surface area contributed by atoms with Gasteiger partial charge in [-0.25, -0.2) is 4.79 Å². The van der Waals surface area contributed by atoms with Crippen LogP contribution in [-0.4, -0.2) is 23.0 Å². The van der Waals surface area contributed by atoms with Gasteiger partial charge in [0.1, 0.15) is 6.04 Å². The fraction of sp³-hybridized carbons (Fsp3) is 0.600. The van der Waals surface area contributed by atoms with E-state index >= 15 is 0 Å². The molecule has 0 heterocycles. The second-order valence-corrected chi connectivity index (χ2v) is 9.64. The molecule has 0 saturated heterocycles. The van der Waals surface area contributed by atoms with E-state index < -0.39 is 12.0 Å². The van der Waals surface area contributed by atoms with Crippen LogP contribution in [0.5, 0.6) is 0 Å². The number of benzene rings is 1. The zero-order chi connectivity index (χ0) is 17.6. The van der Waals surface area contributed by atoms with Crippen LogP contribution >= 0.6 is 22.6 Å². The summed E-state index contributed by atoms with van der Waals surface area (Å²) in [5, 5.41) is 12.5. The van der Waals surface area contributed by atoms with Crippen molar-refractivity contribution < 1.29 is 14.7 Å². The van der Waals surface area contributed by atoms with Crippen molar-refractivity contribution in [1.29, 1.82) is 0 Å². The number of carboxylic acids is 1. The first-order valence-electron chi connectivity index (χ1n) is 9.22. The SMILES string of the molecule is O=C(O)[C@@H](Cc1ccc(I)cc1)NC(=O)C12CC3CC(CC(C3)C1)C2. The molecule has 2 N–H and O–H groups in total. The van der Waals surface area contributed by atoms with E-state index in [-0.39, 0.29) is 11.3 Å². The Balaban J connectivity index is 1.47. The summed E-state index contributed by atoms with van der Waals surface area (Å²) in [6.07, 6.45) is 7.04. The third kappa shape index (κ3) is 3.44. The van der Waals surface area contributed by atoms with Crippen molar-refractivity contribution in [2.45, 2.75) is 51.0 Å². The summed E-state index contributed by atoms with van der Waals surface area (Å²) in [5.41, 5.74) is 0.646. The molecule has 134 valence electrons. The van der Waals surface area contributed by atoms with Gasteiger partial charge in [-0.2, -0.15) is 0 Å². The van der Waals surface area contributed by atoms with Gasteiger partial charge in [0, 0.05) is 15.4 Å². The summed E-state index contributed by atoms with van der Waals surface area (Å²) in [5.74, 6) is 1.07. The predicted molar refractivity (Wildman–Crippen MR) is 103 cm³/mol. The Kier molecular flexibility index (Phi) is 4.54. The van der Waals surface area contributed by atoms with E-state index in [1.807, 2.05) is 24.3 Å². The average molecular weight is 453 g/mol. The smallest absolute Gasteiger partial charge is 0.326 e. The van der Waals surface area contributed by atoms with Gasteiger partial charge < -0.3 is 10.4 Å². The number of carboxylic acid groups (broad SMARTS) is 1. The van der Waals surface area contributed by atoms with E-state index in [0.717, 1.165) is 28.4 Å². The monoisotopic (exact) mass is 453 g/mol. The minimum atomic E-state index is -0.948. The number of carbonyl (C=O) groups is 2. The van der Waals surface area contributed by atoms with Crippen molar-refractivity contribution in [3.63, 3.8) is 0 Å². The lowest BCUT2D eigenvalue weighted by atomic mass is 9.49. The molecule has 0 radical (unpaired) electrons. The van der Waals surface area contributed by atoms with Gasteiger partial charge in [-0.15, -0.1) is 0 Å². The van der Waals surface area contributed by atoms with Crippen LogP contribution in [0, 0.1) is 26.7 Å². The number of amides is 1. The Hall–Kier alpha value is -1.11. The van der Waals surface area contributed by atoms with Crippen LogP contribution in [0.4, 0.5) is 0 Å². The van der Waals surface area contributed by atoms with Gasteiger partial charge in [0.25, 0.3) is 0 Å². The maximum Gasteiger partial charge on any atom is 0.326 e. The minimum Gasteiger partial charge on any atom is -0.480 e. The second-order valence-electron chi connectivity index (χ2n) is 8.39. The molecular formula is C20H24INO3. The van der Waals surface area contributed by atoms with E-state index in [1.165, 1.54) is 19.3 Å². The van der Waals surface area contributed by atoms with Crippen molar-refractivity contribution in [1.82, 2.24) is 5.32 Å². The number of carbonyl (C=O) groups excluding carboxylic acids is 1. The third-order valence-corrected chi connectivity index (χ3v) is 7.20. The highest BCUT2D eigenvalue weighted by Gasteiger charge is 2.54. The highest BCUT2D eigenvalue weighted by Crippen LogP contribution is 2.60. The summed E-state index contributed by atoms with van der Waals surface area (Å²) < 4.78 is 1.12. The Morgan fingerprint density at radius 3 is 2.08 bits per heavy atom. The van der Waals surface area contributed by atoms with E-state index in [1.54, 1.807) is 0 Å². The summed E-state index contributed by atoms with van der Waals surface area (Å²) in [6, 6.07) is 6.97. The van der Waals surface area contributed by atoms with Crippen LogP contribution in [0.15, 0.2) is 24.3 Å². The zero-order valence-electron chi connectivity index (χ0n) is 14.2. The molecule has 1 aromatic rings. The molecule has 4 nitrogen and oxygen atoms in total. The molecule has 0 aliphatic heterocycles. The molecule has 4 aliphatic carbocycles. The molecule has 0 aromatic heterocycles. The van der Waals surface area contributed by atoms with Gasteiger partial charge in [-0.1, -0.05) is 12.1 Å². The number of aliphatic carboxylic acids is 1. The van der Waals surface area contributed by atoms with Crippen molar-refractivity contribution >= 4 is 34.5 Å². The van der Waals surface area contributed by atoms with E-state index in [0.29, 0.717) is 24.2 Å². The number of hydrogen-bond acceptors (Lipinski definition) is 2.